The number of hydrogen-bond acceptors (Lipinski definition) is 11. The summed E-state index contributed by atoms with van der Waals surface area (Å²) < 4.78 is 14.3. The Bertz CT molecular complexity index is 3740. The quantitative estimate of drug-likeness (QED) is 0.0319. The standard InChI is InChI=1S/C23H26N2O.C17H22N2O2.C11H11BO2.C11H15ClO2.C6H14N2O2/c1-14-10-11-18(16-9-7-6-8-15(14)16)25-21(26)19-17-12-13-23(4,22(17,2)3)20(19)24(25)5;1-12-10-11-15(14-9-7-6-8-13(12)14)18-19(5)16(20)21-17(2,3)4;1-8-6-7-11(12(13)14)10-5-3-2-4-9(8)10;1-10(2)6-4-5-11(10,3)8(13)7(6)9(12)14;1-6(2,3)10-5(9)8(4)7/h6-11,17H,12-13H2,1-5H3;6-11,18H,1-5H3;2-7,13-14H,1H3;6-7H,4-5H2,1-3H3;7H2,1-4H3/t17-,23+;;;6-,7?,11+;/m1..1./s1. The Morgan fingerprint density at radius 3 is 1.56 bits per heavy atom. The van der Waals surface area contributed by atoms with Crippen molar-refractivity contribution in [3.8, 4) is 5.69 Å². The SMILES string of the molecule is CC1(C)[C@@H]2CC[C@@]1(C)C(=O)C2C(=O)Cl.CN(N)C(=O)OC(C)(C)C.Cc1ccc(-n2c(=O)c3c(n2C)[C@]2(C)CC[C@H]3C2(C)C)c2ccccc12.Cc1ccc(B(O)O)c2ccccc12.Cc1ccc(NN(C)C(=O)OC(C)(C)C)c2ccccc12. The molecule has 4 bridgehead atoms. The van der Waals surface area contributed by atoms with Gasteiger partial charge in [-0.2, -0.15) is 0 Å². The lowest BCUT2D eigenvalue weighted by Gasteiger charge is -2.36. The van der Waals surface area contributed by atoms with Gasteiger partial charge in [-0.05, 0) is 178 Å². The van der Waals surface area contributed by atoms with E-state index in [9.17, 15) is 24.0 Å². The molecule has 1 unspecified atom stereocenters. The second-order valence-corrected chi connectivity index (χ2v) is 27.3. The normalized spacial score (nSPS) is 21.0. The summed E-state index contributed by atoms with van der Waals surface area (Å²) in [5.74, 6) is 5.17. The molecule has 454 valence electrons. The molecule has 0 radical (unpaired) electrons. The van der Waals surface area contributed by atoms with Gasteiger partial charge in [0.15, 0.2) is 5.78 Å². The van der Waals surface area contributed by atoms with Gasteiger partial charge < -0.3 is 19.5 Å². The first-order chi connectivity index (χ1) is 39.4. The van der Waals surface area contributed by atoms with Crippen molar-refractivity contribution in [2.45, 2.75) is 152 Å². The van der Waals surface area contributed by atoms with Crippen LogP contribution < -0.4 is 22.3 Å². The van der Waals surface area contributed by atoms with Gasteiger partial charge in [-0.3, -0.25) is 24.5 Å². The van der Waals surface area contributed by atoms with Gasteiger partial charge in [0.1, 0.15) is 11.2 Å². The fourth-order valence-corrected chi connectivity index (χ4v) is 13.6. The van der Waals surface area contributed by atoms with Crippen molar-refractivity contribution in [3.05, 3.63) is 147 Å². The number of carbonyl (C=O) groups excluding carboxylic acids is 4. The molecule has 85 heavy (non-hydrogen) atoms. The monoisotopic (exact) mass is 1180 g/mol. The van der Waals surface area contributed by atoms with Gasteiger partial charge in [-0.25, -0.2) is 30.1 Å². The zero-order chi connectivity index (χ0) is 63.3. The fraction of sp³-hybridized carbons (Fsp3) is 0.456. The van der Waals surface area contributed by atoms with Crippen LogP contribution in [0.4, 0.5) is 15.3 Å². The maximum atomic E-state index is 13.6. The van der Waals surface area contributed by atoms with E-state index in [-0.39, 0.29) is 38.9 Å². The van der Waals surface area contributed by atoms with Crippen molar-refractivity contribution in [2.24, 2.45) is 41.0 Å². The van der Waals surface area contributed by atoms with E-state index in [4.69, 9.17) is 37.0 Å². The lowest BCUT2D eigenvalue weighted by molar-refractivity contribution is -0.135. The number of anilines is 1. The van der Waals surface area contributed by atoms with Crippen LogP contribution in [0.1, 0.15) is 143 Å². The molecule has 1 aromatic heterocycles. The lowest BCUT2D eigenvalue weighted by Crippen LogP contribution is -2.38. The molecular weight excluding hydrogens is 1090 g/mol. The van der Waals surface area contributed by atoms with Crippen molar-refractivity contribution < 1.29 is 38.7 Å². The minimum atomic E-state index is -1.40. The number of nitrogens with one attached hydrogen (secondary N) is 1. The molecule has 0 saturated heterocycles. The molecule has 0 aliphatic heterocycles. The van der Waals surface area contributed by atoms with Crippen LogP contribution in [0.25, 0.3) is 38.0 Å². The number of Topliss-reactive ketones (excluding diaryl/α,β-unsaturated/α-hetero) is 1. The number of carbonyl (C=O) groups is 4. The number of hydrazine groups is 2. The number of nitrogens with zero attached hydrogens (tertiary/aromatic N) is 4. The molecule has 4 aliphatic carbocycles. The molecule has 5 atom stereocenters. The highest BCUT2D eigenvalue weighted by Gasteiger charge is 2.67. The molecule has 5 N–H and O–H groups in total. The van der Waals surface area contributed by atoms with Gasteiger partial charge in [0.2, 0.25) is 5.24 Å². The molecule has 1 heterocycles. The topological polar surface area (TPSA) is 199 Å². The van der Waals surface area contributed by atoms with E-state index in [1.54, 1.807) is 33.9 Å². The molecule has 15 nitrogen and oxygen atoms in total. The number of aryl methyl sites for hydroxylation is 3. The summed E-state index contributed by atoms with van der Waals surface area (Å²) in [7, 11) is 3.76. The van der Waals surface area contributed by atoms with Gasteiger partial charge >= 0.3 is 19.3 Å². The van der Waals surface area contributed by atoms with E-state index in [2.05, 4.69) is 108 Å². The van der Waals surface area contributed by atoms with E-state index < -0.39 is 41.7 Å². The number of amides is 2. The second-order valence-electron chi connectivity index (χ2n) is 26.9. The Balaban J connectivity index is 0.000000159. The van der Waals surface area contributed by atoms with Crippen LogP contribution in [-0.4, -0.2) is 85.1 Å². The molecule has 3 fully saturated rings. The predicted octanol–water partition coefficient (Wildman–Crippen LogP) is 13.1. The Morgan fingerprint density at radius 2 is 1.11 bits per heavy atom. The summed E-state index contributed by atoms with van der Waals surface area (Å²) >= 11 is 5.50. The van der Waals surface area contributed by atoms with Crippen molar-refractivity contribution >= 4 is 85.4 Å². The van der Waals surface area contributed by atoms with Crippen LogP contribution in [0.2, 0.25) is 0 Å². The number of ether oxygens (including phenoxy) is 2. The van der Waals surface area contributed by atoms with Crippen molar-refractivity contribution in [2.75, 3.05) is 19.5 Å². The first kappa shape index (κ1) is 65.6. The zero-order valence-electron chi connectivity index (χ0n) is 53.0. The number of fused-ring (bicyclic) bond motifs is 10. The van der Waals surface area contributed by atoms with Gasteiger partial charge in [-0.1, -0.05) is 139 Å². The molecule has 4 aliphatic rings. The van der Waals surface area contributed by atoms with Crippen molar-refractivity contribution in [1.82, 2.24) is 19.4 Å². The maximum Gasteiger partial charge on any atom is 0.489 e. The van der Waals surface area contributed by atoms with Gasteiger partial charge in [0.05, 0.1) is 23.0 Å². The largest absolute Gasteiger partial charge is 0.489 e. The molecule has 7 aromatic rings. The third-order valence-electron chi connectivity index (χ3n) is 18.8. The summed E-state index contributed by atoms with van der Waals surface area (Å²) in [5.41, 5.74) is 10.5. The molecular formula is C68H88BClN6O9. The molecule has 3 saturated carbocycles. The molecule has 2 amide bonds. The van der Waals surface area contributed by atoms with Crippen LogP contribution in [0, 0.1) is 48.9 Å². The van der Waals surface area contributed by atoms with Crippen LogP contribution in [-0.2, 0) is 31.5 Å². The van der Waals surface area contributed by atoms with E-state index >= 15 is 0 Å². The highest BCUT2D eigenvalue weighted by molar-refractivity contribution is 6.66. The Morgan fingerprint density at radius 1 is 0.647 bits per heavy atom. The average molecular weight is 1180 g/mol. The van der Waals surface area contributed by atoms with Crippen LogP contribution in [0.3, 0.4) is 0 Å². The number of ketones is 1. The van der Waals surface area contributed by atoms with Gasteiger partial charge in [0, 0.05) is 48.3 Å². The summed E-state index contributed by atoms with van der Waals surface area (Å²) in [5, 5.41) is 26.7. The lowest BCUT2D eigenvalue weighted by atomic mass is 9.70. The Hall–Kier alpha value is -6.98. The third-order valence-corrected chi connectivity index (χ3v) is 19.0. The van der Waals surface area contributed by atoms with E-state index in [1.807, 2.05) is 100.0 Å². The van der Waals surface area contributed by atoms with E-state index in [0.717, 1.165) is 68.3 Å². The second kappa shape index (κ2) is 24.4. The number of rotatable bonds is 5. The van der Waals surface area contributed by atoms with Crippen molar-refractivity contribution in [3.63, 3.8) is 0 Å². The van der Waals surface area contributed by atoms with Crippen LogP contribution >= 0.6 is 11.6 Å². The number of halogens is 1. The Kier molecular flexibility index (Phi) is 18.8. The number of benzene rings is 6. The minimum Gasteiger partial charge on any atom is -0.443 e. The molecule has 11 rings (SSSR count). The predicted molar refractivity (Wildman–Crippen MR) is 343 cm³/mol. The van der Waals surface area contributed by atoms with Gasteiger partial charge in [-0.15, -0.1) is 0 Å². The molecule has 0 spiro atoms. The summed E-state index contributed by atoms with van der Waals surface area (Å²) in [6.45, 7) is 30.3. The number of nitrogens with two attached hydrogens (primary N) is 1. The molecule has 17 heteroatoms. The highest BCUT2D eigenvalue weighted by Crippen LogP contribution is 2.67. The first-order valence-electron chi connectivity index (χ1n) is 29.2. The fourth-order valence-electron chi connectivity index (χ4n) is 13.4. The summed E-state index contributed by atoms with van der Waals surface area (Å²) in [6, 6.07) is 36.1. The number of aromatic nitrogens is 2. The smallest absolute Gasteiger partial charge is 0.443 e. The van der Waals surface area contributed by atoms with Crippen LogP contribution in [0.15, 0.2) is 114 Å². The van der Waals surface area contributed by atoms with E-state index in [0.29, 0.717) is 11.4 Å². The van der Waals surface area contributed by atoms with E-state index in [1.165, 1.54) is 46.1 Å². The van der Waals surface area contributed by atoms with Gasteiger partial charge in [0.25, 0.3) is 5.56 Å². The highest BCUT2D eigenvalue weighted by atomic mass is 35.5. The molecule has 6 aromatic carbocycles. The van der Waals surface area contributed by atoms with Crippen LogP contribution in [0.5, 0.6) is 0 Å². The maximum absolute atomic E-state index is 13.6. The first-order valence-corrected chi connectivity index (χ1v) is 29.6. The summed E-state index contributed by atoms with van der Waals surface area (Å²) in [4.78, 5) is 59.6. The third kappa shape index (κ3) is 12.7. The summed E-state index contributed by atoms with van der Waals surface area (Å²) in [6.07, 6.45) is 3.23. The Labute approximate surface area is 506 Å². The minimum absolute atomic E-state index is 0.0683. The average Bonchev–Trinajstić information content (AvgIpc) is 1.53. The number of hydrogen-bond donors (Lipinski definition) is 4. The zero-order valence-corrected chi connectivity index (χ0v) is 53.8. The van der Waals surface area contributed by atoms with Crippen molar-refractivity contribution in [1.29, 1.82) is 0 Å².